The molecule has 28 heavy (non-hydrogen) atoms. The summed E-state index contributed by atoms with van der Waals surface area (Å²) in [5.74, 6) is -1.44. The predicted octanol–water partition coefficient (Wildman–Crippen LogP) is 4.52. The van der Waals surface area contributed by atoms with E-state index in [1.807, 2.05) is 6.07 Å². The summed E-state index contributed by atoms with van der Waals surface area (Å²) < 4.78 is 11.1. The fraction of sp³-hybridized carbons (Fsp3) is 0.0476. The van der Waals surface area contributed by atoms with Crippen LogP contribution in [0.3, 0.4) is 0 Å². The third-order valence-corrected chi connectivity index (χ3v) is 4.46. The number of aromatic amines is 1. The second kappa shape index (κ2) is 6.62. The van der Waals surface area contributed by atoms with Gasteiger partial charge in [0.25, 0.3) is 0 Å². The third-order valence-electron chi connectivity index (χ3n) is 4.46. The largest absolute Gasteiger partial charge is 0.497 e. The number of para-hydroxylation sites is 1. The highest BCUT2D eigenvalue weighted by molar-refractivity contribution is 6.21. The number of rotatable bonds is 5. The van der Waals surface area contributed by atoms with Gasteiger partial charge in [-0.2, -0.15) is 0 Å². The molecule has 7 nitrogen and oxygen atoms in total. The van der Waals surface area contributed by atoms with E-state index in [2.05, 4.69) is 4.98 Å². The molecule has 4 rings (SSSR count). The van der Waals surface area contributed by atoms with Crippen LogP contribution in [0, 0.1) is 0 Å². The topological polar surface area (TPSA) is 109 Å². The molecule has 0 radical (unpaired) electrons. The van der Waals surface area contributed by atoms with Crippen molar-refractivity contribution < 1.29 is 29.3 Å². The van der Waals surface area contributed by atoms with E-state index in [9.17, 15) is 19.8 Å². The first-order valence-electron chi connectivity index (χ1n) is 8.35. The van der Waals surface area contributed by atoms with Crippen LogP contribution in [0.1, 0.15) is 20.7 Å². The van der Waals surface area contributed by atoms with Gasteiger partial charge >= 0.3 is 11.9 Å². The average molecular weight is 377 g/mol. The molecule has 4 aromatic rings. The molecule has 0 aliphatic rings. The highest BCUT2D eigenvalue weighted by Gasteiger charge is 2.26. The van der Waals surface area contributed by atoms with Gasteiger partial charge in [0.05, 0.1) is 23.8 Å². The van der Waals surface area contributed by atoms with E-state index in [-0.39, 0.29) is 22.3 Å². The fourth-order valence-corrected chi connectivity index (χ4v) is 3.24. The number of carboxylic acid groups (broad SMARTS) is 2. The van der Waals surface area contributed by atoms with Gasteiger partial charge in [-0.05, 0) is 36.4 Å². The molecule has 3 N–H and O–H groups in total. The molecular formula is C21H15NO6. The van der Waals surface area contributed by atoms with Crippen molar-refractivity contribution in [3.05, 3.63) is 65.7 Å². The molecule has 1 heterocycles. The summed E-state index contributed by atoms with van der Waals surface area (Å²) in [6.45, 7) is 0. The minimum atomic E-state index is -1.35. The third kappa shape index (κ3) is 2.79. The van der Waals surface area contributed by atoms with Crippen molar-refractivity contribution in [1.29, 1.82) is 0 Å². The zero-order valence-electron chi connectivity index (χ0n) is 14.7. The van der Waals surface area contributed by atoms with Crippen molar-refractivity contribution in [2.24, 2.45) is 0 Å². The van der Waals surface area contributed by atoms with Crippen molar-refractivity contribution >= 4 is 33.7 Å². The minimum Gasteiger partial charge on any atom is -0.497 e. The molecular weight excluding hydrogens is 362 g/mol. The first-order valence-corrected chi connectivity index (χ1v) is 8.35. The molecule has 0 atom stereocenters. The molecule has 0 fully saturated rings. The lowest BCUT2D eigenvalue weighted by Crippen LogP contribution is -2.09. The van der Waals surface area contributed by atoms with Gasteiger partial charge in [-0.3, -0.25) is 0 Å². The van der Waals surface area contributed by atoms with Crippen LogP contribution in [-0.4, -0.2) is 34.2 Å². The molecule has 1 aromatic heterocycles. The predicted molar refractivity (Wildman–Crippen MR) is 103 cm³/mol. The number of aromatic carboxylic acids is 2. The first-order chi connectivity index (χ1) is 13.5. The van der Waals surface area contributed by atoms with Gasteiger partial charge in [-0.25, -0.2) is 9.59 Å². The second-order valence-electron chi connectivity index (χ2n) is 6.11. The Morgan fingerprint density at radius 3 is 2.32 bits per heavy atom. The summed E-state index contributed by atoms with van der Waals surface area (Å²) in [4.78, 5) is 26.9. The SMILES string of the molecule is COc1ccc2[nH]c3c(Oc4ccccc4)cc(C(=O)O)c(C(=O)O)c3c2c1. The number of hydrogen-bond donors (Lipinski definition) is 3. The van der Waals surface area contributed by atoms with Crippen LogP contribution in [0.2, 0.25) is 0 Å². The molecule has 0 aliphatic carbocycles. The van der Waals surface area contributed by atoms with Gasteiger partial charge in [0.15, 0.2) is 5.75 Å². The smallest absolute Gasteiger partial charge is 0.337 e. The quantitative estimate of drug-likeness (QED) is 0.472. The van der Waals surface area contributed by atoms with Gasteiger partial charge in [-0.15, -0.1) is 0 Å². The standard InChI is InChI=1S/C21H15NO6/c1-27-12-7-8-15-13(9-12)17-18(21(25)26)14(20(23)24)10-16(19(17)22-15)28-11-5-3-2-4-6-11/h2-10,22H,1H3,(H,23,24)(H,25,26). The van der Waals surface area contributed by atoms with Gasteiger partial charge in [-0.1, -0.05) is 18.2 Å². The fourth-order valence-electron chi connectivity index (χ4n) is 3.24. The molecule has 0 amide bonds. The van der Waals surface area contributed by atoms with Crippen molar-refractivity contribution in [1.82, 2.24) is 4.98 Å². The first kappa shape index (κ1) is 17.4. The number of H-pyrrole nitrogens is 1. The summed E-state index contributed by atoms with van der Waals surface area (Å²) >= 11 is 0. The van der Waals surface area contributed by atoms with Gasteiger partial charge < -0.3 is 24.7 Å². The highest BCUT2D eigenvalue weighted by Crippen LogP contribution is 2.39. The maximum atomic E-state index is 12.0. The summed E-state index contributed by atoms with van der Waals surface area (Å²) in [6, 6.07) is 15.2. The highest BCUT2D eigenvalue weighted by atomic mass is 16.5. The van der Waals surface area contributed by atoms with Crippen LogP contribution in [0.15, 0.2) is 54.6 Å². The Hall–Kier alpha value is -4.00. The lowest BCUT2D eigenvalue weighted by Gasteiger charge is -2.11. The number of aromatic nitrogens is 1. The van der Waals surface area contributed by atoms with Crippen LogP contribution in [-0.2, 0) is 0 Å². The maximum Gasteiger partial charge on any atom is 0.337 e. The summed E-state index contributed by atoms with van der Waals surface area (Å²) in [5.41, 5.74) is 0.380. The van der Waals surface area contributed by atoms with E-state index < -0.39 is 11.9 Å². The minimum absolute atomic E-state index is 0.221. The molecule has 3 aromatic carbocycles. The van der Waals surface area contributed by atoms with Crippen molar-refractivity contribution in [2.45, 2.75) is 0 Å². The molecule has 0 saturated carbocycles. The van der Waals surface area contributed by atoms with Gasteiger partial charge in [0.1, 0.15) is 11.5 Å². The Morgan fingerprint density at radius 1 is 0.929 bits per heavy atom. The van der Waals surface area contributed by atoms with Crippen molar-refractivity contribution in [3.63, 3.8) is 0 Å². The van der Waals surface area contributed by atoms with Gasteiger partial charge in [0.2, 0.25) is 0 Å². The molecule has 0 unspecified atom stereocenters. The summed E-state index contributed by atoms with van der Waals surface area (Å²) in [5, 5.41) is 20.2. The molecule has 0 aliphatic heterocycles. The van der Waals surface area contributed by atoms with E-state index in [0.29, 0.717) is 27.9 Å². The van der Waals surface area contributed by atoms with Gasteiger partial charge in [0, 0.05) is 16.3 Å². The van der Waals surface area contributed by atoms with E-state index in [1.165, 1.54) is 13.2 Å². The zero-order chi connectivity index (χ0) is 19.8. The number of carbonyl (C=O) groups is 2. The Labute approximate surface area is 158 Å². The molecule has 0 saturated heterocycles. The maximum absolute atomic E-state index is 12.0. The van der Waals surface area contributed by atoms with Crippen LogP contribution in [0.4, 0.5) is 0 Å². The van der Waals surface area contributed by atoms with Crippen LogP contribution >= 0.6 is 0 Å². The van der Waals surface area contributed by atoms with E-state index in [4.69, 9.17) is 9.47 Å². The Bertz CT molecular complexity index is 1230. The number of methoxy groups -OCH3 is 1. The van der Waals surface area contributed by atoms with Crippen molar-refractivity contribution in [2.75, 3.05) is 7.11 Å². The Morgan fingerprint density at radius 2 is 1.68 bits per heavy atom. The lowest BCUT2D eigenvalue weighted by atomic mass is 9.99. The zero-order valence-corrected chi connectivity index (χ0v) is 14.7. The molecule has 7 heteroatoms. The Kier molecular flexibility index (Phi) is 4.12. The normalized spacial score (nSPS) is 10.9. The van der Waals surface area contributed by atoms with Crippen LogP contribution < -0.4 is 9.47 Å². The monoisotopic (exact) mass is 377 g/mol. The lowest BCUT2D eigenvalue weighted by molar-refractivity contribution is 0.0653. The second-order valence-corrected chi connectivity index (χ2v) is 6.11. The summed E-state index contributed by atoms with van der Waals surface area (Å²) in [7, 11) is 1.50. The summed E-state index contributed by atoms with van der Waals surface area (Å²) in [6.07, 6.45) is 0. The van der Waals surface area contributed by atoms with E-state index >= 15 is 0 Å². The van der Waals surface area contributed by atoms with Crippen molar-refractivity contribution in [3.8, 4) is 17.2 Å². The Balaban J connectivity index is 2.11. The number of ether oxygens (including phenoxy) is 2. The molecule has 140 valence electrons. The molecule has 0 spiro atoms. The average Bonchev–Trinajstić information content (AvgIpc) is 3.07. The molecule has 0 bridgehead atoms. The number of hydrogen-bond acceptors (Lipinski definition) is 4. The van der Waals surface area contributed by atoms with E-state index in [1.54, 1.807) is 42.5 Å². The van der Waals surface area contributed by atoms with E-state index in [0.717, 1.165) is 0 Å². The number of fused-ring (bicyclic) bond motifs is 3. The van der Waals surface area contributed by atoms with Crippen LogP contribution in [0.25, 0.3) is 21.8 Å². The number of benzene rings is 3. The number of carboxylic acids is 2. The number of nitrogens with one attached hydrogen (secondary N) is 1. The van der Waals surface area contributed by atoms with Crippen LogP contribution in [0.5, 0.6) is 17.2 Å².